The van der Waals surface area contributed by atoms with E-state index in [1.54, 1.807) is 17.3 Å². The highest BCUT2D eigenvalue weighted by atomic mass is 35.5. The van der Waals surface area contributed by atoms with Crippen LogP contribution in [0, 0.1) is 6.92 Å². The summed E-state index contributed by atoms with van der Waals surface area (Å²) in [6, 6.07) is -0.566. The number of rotatable bonds is 2. The van der Waals surface area contributed by atoms with Crippen LogP contribution in [0.5, 0.6) is 0 Å². The van der Waals surface area contributed by atoms with Gasteiger partial charge in [0.05, 0.1) is 5.69 Å². The van der Waals surface area contributed by atoms with Gasteiger partial charge in [-0.25, -0.2) is 9.78 Å². The average molecular weight is 259 g/mol. The smallest absolute Gasteiger partial charge is 0.327 e. The van der Waals surface area contributed by atoms with Crippen molar-refractivity contribution in [1.82, 2.24) is 15.3 Å². The number of aromatic nitrogens is 2. The Morgan fingerprint density at radius 1 is 1.53 bits per heavy atom. The van der Waals surface area contributed by atoms with Crippen LogP contribution in [-0.4, -0.2) is 46.7 Å². The molecule has 17 heavy (non-hydrogen) atoms. The number of hydrogen-bond donors (Lipinski definition) is 2. The molecule has 7 heteroatoms. The molecule has 0 radical (unpaired) electrons. The van der Waals surface area contributed by atoms with Gasteiger partial charge < -0.3 is 15.3 Å². The Hall–Kier alpha value is -1.40. The van der Waals surface area contributed by atoms with Gasteiger partial charge in [0.2, 0.25) is 0 Å². The zero-order valence-electron chi connectivity index (χ0n) is 9.46. The molecule has 1 aliphatic heterocycles. The summed E-state index contributed by atoms with van der Waals surface area (Å²) in [7, 11) is 0. The van der Waals surface area contributed by atoms with E-state index in [2.05, 4.69) is 15.3 Å². The second kappa shape index (κ2) is 5.79. The molecule has 2 heterocycles. The van der Waals surface area contributed by atoms with Gasteiger partial charge >= 0.3 is 5.97 Å². The van der Waals surface area contributed by atoms with E-state index in [0.717, 1.165) is 12.2 Å². The number of carbonyl (C=O) groups is 1. The molecule has 6 nitrogen and oxygen atoms in total. The Bertz CT molecular complexity index is 402. The standard InChI is InChI=1S/C10H14N4O2.ClH/c1-7-9(13-3-2-12-7)14-5-4-11-6-8(14)10(15)16;/h2-3,8,11H,4-6H2,1H3,(H,15,16);1H. The first-order valence-electron chi connectivity index (χ1n) is 5.18. The molecule has 0 saturated carbocycles. The SMILES string of the molecule is Cc1nccnc1N1CCNCC1C(=O)O.Cl. The highest BCUT2D eigenvalue weighted by Crippen LogP contribution is 2.18. The first-order valence-corrected chi connectivity index (χ1v) is 5.18. The molecule has 0 aliphatic carbocycles. The maximum atomic E-state index is 11.1. The molecule has 2 rings (SSSR count). The molecule has 1 aromatic heterocycles. The molecule has 1 aromatic rings. The molecule has 1 aliphatic rings. The van der Waals surface area contributed by atoms with Gasteiger partial charge in [0.15, 0.2) is 5.82 Å². The monoisotopic (exact) mass is 258 g/mol. The quantitative estimate of drug-likeness (QED) is 0.782. The molecule has 1 saturated heterocycles. The van der Waals surface area contributed by atoms with Crippen LogP contribution in [0.25, 0.3) is 0 Å². The lowest BCUT2D eigenvalue weighted by atomic mass is 10.2. The third kappa shape index (κ3) is 2.83. The molecule has 2 N–H and O–H groups in total. The predicted octanol–water partition coefficient (Wildman–Crippen LogP) is 0.0696. The summed E-state index contributed by atoms with van der Waals surface area (Å²) >= 11 is 0. The van der Waals surface area contributed by atoms with Crippen molar-refractivity contribution in [2.24, 2.45) is 0 Å². The molecule has 1 atom stereocenters. The van der Waals surface area contributed by atoms with E-state index in [4.69, 9.17) is 5.11 Å². The zero-order valence-corrected chi connectivity index (χ0v) is 10.3. The molecule has 1 fully saturated rings. The lowest BCUT2D eigenvalue weighted by molar-refractivity contribution is -0.138. The van der Waals surface area contributed by atoms with E-state index in [0.29, 0.717) is 18.9 Å². The minimum Gasteiger partial charge on any atom is -0.480 e. The first-order chi connectivity index (χ1) is 7.70. The average Bonchev–Trinajstić information content (AvgIpc) is 2.29. The molecule has 0 aromatic carbocycles. The van der Waals surface area contributed by atoms with E-state index in [1.165, 1.54) is 0 Å². The molecule has 0 spiro atoms. The maximum Gasteiger partial charge on any atom is 0.327 e. The fraction of sp³-hybridized carbons (Fsp3) is 0.500. The van der Waals surface area contributed by atoms with Crippen molar-refractivity contribution in [3.05, 3.63) is 18.1 Å². The maximum absolute atomic E-state index is 11.1. The van der Waals surface area contributed by atoms with Crippen LogP contribution in [0.3, 0.4) is 0 Å². The number of nitrogens with one attached hydrogen (secondary N) is 1. The van der Waals surface area contributed by atoms with Gasteiger partial charge in [-0.1, -0.05) is 0 Å². The van der Waals surface area contributed by atoms with Crippen LogP contribution in [0.4, 0.5) is 5.82 Å². The van der Waals surface area contributed by atoms with Gasteiger partial charge in [-0.3, -0.25) is 4.98 Å². The van der Waals surface area contributed by atoms with Crippen molar-refractivity contribution in [2.45, 2.75) is 13.0 Å². The summed E-state index contributed by atoms with van der Waals surface area (Å²) in [5.74, 6) is -0.173. The third-order valence-electron chi connectivity index (χ3n) is 2.66. The fourth-order valence-electron chi connectivity index (χ4n) is 1.86. The van der Waals surface area contributed by atoms with Gasteiger partial charge in [-0.15, -0.1) is 12.4 Å². The highest BCUT2D eigenvalue weighted by Gasteiger charge is 2.30. The Kier molecular flexibility index (Phi) is 4.65. The van der Waals surface area contributed by atoms with Crippen molar-refractivity contribution in [1.29, 1.82) is 0 Å². The molecule has 1 unspecified atom stereocenters. The molecular formula is C10H15ClN4O2. The Morgan fingerprint density at radius 2 is 2.24 bits per heavy atom. The predicted molar refractivity (Wildman–Crippen MR) is 65.7 cm³/mol. The second-order valence-corrected chi connectivity index (χ2v) is 3.72. The Morgan fingerprint density at radius 3 is 2.88 bits per heavy atom. The van der Waals surface area contributed by atoms with Gasteiger partial charge in [0.1, 0.15) is 6.04 Å². The van der Waals surface area contributed by atoms with E-state index < -0.39 is 12.0 Å². The van der Waals surface area contributed by atoms with Crippen LogP contribution in [-0.2, 0) is 4.79 Å². The van der Waals surface area contributed by atoms with Crippen molar-refractivity contribution >= 4 is 24.2 Å². The van der Waals surface area contributed by atoms with E-state index in [-0.39, 0.29) is 12.4 Å². The van der Waals surface area contributed by atoms with Crippen molar-refractivity contribution in [3.8, 4) is 0 Å². The largest absolute Gasteiger partial charge is 0.480 e. The van der Waals surface area contributed by atoms with E-state index in [9.17, 15) is 4.79 Å². The van der Waals surface area contributed by atoms with Gasteiger partial charge in [-0.2, -0.15) is 0 Å². The number of halogens is 1. The minimum atomic E-state index is -0.836. The topological polar surface area (TPSA) is 78.4 Å². The van der Waals surface area contributed by atoms with Crippen LogP contribution >= 0.6 is 12.4 Å². The number of aliphatic carboxylic acids is 1. The Balaban J connectivity index is 0.00000144. The lowest BCUT2D eigenvalue weighted by Gasteiger charge is -2.34. The molecular weight excluding hydrogens is 244 g/mol. The van der Waals surface area contributed by atoms with Crippen LogP contribution < -0.4 is 10.2 Å². The minimum absolute atomic E-state index is 0. The summed E-state index contributed by atoms with van der Waals surface area (Å²) in [4.78, 5) is 21.2. The van der Waals surface area contributed by atoms with Crippen LogP contribution in [0.15, 0.2) is 12.4 Å². The Labute approximate surface area is 105 Å². The van der Waals surface area contributed by atoms with E-state index >= 15 is 0 Å². The number of hydrogen-bond acceptors (Lipinski definition) is 5. The number of piperazine rings is 1. The number of nitrogens with zero attached hydrogens (tertiary/aromatic N) is 3. The van der Waals surface area contributed by atoms with E-state index in [1.807, 2.05) is 6.92 Å². The molecule has 94 valence electrons. The van der Waals surface area contributed by atoms with Gasteiger partial charge in [0.25, 0.3) is 0 Å². The van der Waals surface area contributed by atoms with Crippen LogP contribution in [0.2, 0.25) is 0 Å². The number of aryl methyl sites for hydroxylation is 1. The summed E-state index contributed by atoms with van der Waals surface area (Å²) in [5.41, 5.74) is 0.760. The molecule has 0 bridgehead atoms. The second-order valence-electron chi connectivity index (χ2n) is 3.72. The number of carboxylic acids is 1. The highest BCUT2D eigenvalue weighted by molar-refractivity contribution is 5.85. The summed E-state index contributed by atoms with van der Waals surface area (Å²) < 4.78 is 0. The first kappa shape index (κ1) is 13.7. The summed E-state index contributed by atoms with van der Waals surface area (Å²) in [5, 5.41) is 12.2. The lowest BCUT2D eigenvalue weighted by Crippen LogP contribution is -2.55. The van der Waals surface area contributed by atoms with Crippen molar-refractivity contribution in [2.75, 3.05) is 24.5 Å². The molecule has 0 amide bonds. The number of anilines is 1. The van der Waals surface area contributed by atoms with Gasteiger partial charge in [0, 0.05) is 32.0 Å². The van der Waals surface area contributed by atoms with Crippen molar-refractivity contribution < 1.29 is 9.90 Å². The third-order valence-corrected chi connectivity index (χ3v) is 2.66. The summed E-state index contributed by atoms with van der Waals surface area (Å²) in [6.45, 7) is 3.67. The van der Waals surface area contributed by atoms with Gasteiger partial charge in [-0.05, 0) is 6.92 Å². The normalized spacial score (nSPS) is 19.6. The van der Waals surface area contributed by atoms with Crippen molar-refractivity contribution in [3.63, 3.8) is 0 Å². The number of carboxylic acid groups (broad SMARTS) is 1. The fourth-order valence-corrected chi connectivity index (χ4v) is 1.86. The van der Waals surface area contributed by atoms with Crippen LogP contribution in [0.1, 0.15) is 5.69 Å². The zero-order chi connectivity index (χ0) is 11.5. The summed E-state index contributed by atoms with van der Waals surface area (Å²) in [6.07, 6.45) is 3.19.